The quantitative estimate of drug-likeness (QED) is 0.741. The zero-order valence-electron chi connectivity index (χ0n) is 15.1. The SMILES string of the molecule is CCc1cc(=O)n(CC(=O)Nc2cccc(C#N)c2)c(-c2cccc(F)c2)n1. The molecule has 0 fully saturated rings. The summed E-state index contributed by atoms with van der Waals surface area (Å²) in [6, 6.07) is 15.5. The van der Waals surface area contributed by atoms with Gasteiger partial charge in [0.1, 0.15) is 18.2 Å². The molecule has 3 aromatic rings. The first-order valence-electron chi connectivity index (χ1n) is 8.67. The zero-order valence-corrected chi connectivity index (χ0v) is 15.1. The number of rotatable bonds is 5. The first kappa shape index (κ1) is 19.0. The van der Waals surface area contributed by atoms with Crippen molar-refractivity contribution in [2.75, 3.05) is 5.32 Å². The van der Waals surface area contributed by atoms with Gasteiger partial charge in [0.2, 0.25) is 5.91 Å². The summed E-state index contributed by atoms with van der Waals surface area (Å²) in [6.07, 6.45) is 0.533. The smallest absolute Gasteiger partial charge is 0.254 e. The second-order valence-corrected chi connectivity index (χ2v) is 6.10. The van der Waals surface area contributed by atoms with Crippen LogP contribution in [0.2, 0.25) is 0 Å². The van der Waals surface area contributed by atoms with Gasteiger partial charge in [0.25, 0.3) is 5.56 Å². The van der Waals surface area contributed by atoms with Crippen LogP contribution < -0.4 is 10.9 Å². The molecular formula is C21H17FN4O2. The van der Waals surface area contributed by atoms with E-state index < -0.39 is 17.3 Å². The van der Waals surface area contributed by atoms with E-state index in [1.54, 1.807) is 24.3 Å². The molecule has 1 heterocycles. The molecule has 0 spiro atoms. The van der Waals surface area contributed by atoms with Crippen molar-refractivity contribution < 1.29 is 9.18 Å². The van der Waals surface area contributed by atoms with Gasteiger partial charge in [0, 0.05) is 23.0 Å². The summed E-state index contributed by atoms with van der Waals surface area (Å²) in [4.78, 5) is 29.5. The van der Waals surface area contributed by atoms with Crippen LogP contribution in [0.5, 0.6) is 0 Å². The molecule has 0 atom stereocenters. The summed E-state index contributed by atoms with van der Waals surface area (Å²) in [7, 11) is 0. The number of carbonyl (C=O) groups excluding carboxylic acids is 1. The summed E-state index contributed by atoms with van der Waals surface area (Å²) in [5.74, 6) is -0.691. The van der Waals surface area contributed by atoms with Crippen molar-refractivity contribution in [3.05, 3.63) is 82.0 Å². The van der Waals surface area contributed by atoms with Gasteiger partial charge in [-0.1, -0.05) is 25.1 Å². The molecule has 0 radical (unpaired) electrons. The highest BCUT2D eigenvalue weighted by Crippen LogP contribution is 2.18. The molecule has 0 saturated carbocycles. The van der Waals surface area contributed by atoms with Gasteiger partial charge in [0.15, 0.2) is 0 Å². The molecule has 0 unspecified atom stereocenters. The Kier molecular flexibility index (Phi) is 5.61. The molecule has 140 valence electrons. The van der Waals surface area contributed by atoms with Gasteiger partial charge in [-0.15, -0.1) is 0 Å². The Morgan fingerprint density at radius 2 is 2.00 bits per heavy atom. The van der Waals surface area contributed by atoms with Gasteiger partial charge < -0.3 is 5.32 Å². The number of hydrogen-bond donors (Lipinski definition) is 1. The molecule has 1 amide bonds. The van der Waals surface area contributed by atoms with E-state index in [4.69, 9.17) is 5.26 Å². The van der Waals surface area contributed by atoms with E-state index in [0.29, 0.717) is 28.9 Å². The van der Waals surface area contributed by atoms with E-state index in [9.17, 15) is 14.0 Å². The number of nitriles is 1. The number of aryl methyl sites for hydroxylation is 1. The highest BCUT2D eigenvalue weighted by molar-refractivity contribution is 5.91. The third-order valence-corrected chi connectivity index (χ3v) is 4.08. The van der Waals surface area contributed by atoms with Crippen molar-refractivity contribution in [1.29, 1.82) is 5.26 Å². The number of amides is 1. The number of carbonyl (C=O) groups is 1. The van der Waals surface area contributed by atoms with Crippen LogP contribution in [0.15, 0.2) is 59.4 Å². The van der Waals surface area contributed by atoms with Gasteiger partial charge in [-0.05, 0) is 36.8 Å². The highest BCUT2D eigenvalue weighted by atomic mass is 19.1. The lowest BCUT2D eigenvalue weighted by molar-refractivity contribution is -0.116. The average Bonchev–Trinajstić information content (AvgIpc) is 2.69. The standard InChI is InChI=1S/C21H17FN4O2/c1-2-17-11-20(28)26(21(25-17)15-6-4-7-16(22)10-15)13-19(27)24-18-8-3-5-14(9-18)12-23/h3-11H,2,13H2,1H3,(H,24,27). The number of hydrogen-bond acceptors (Lipinski definition) is 4. The molecule has 3 rings (SSSR count). The van der Waals surface area contributed by atoms with E-state index >= 15 is 0 Å². The molecule has 0 aliphatic rings. The van der Waals surface area contributed by atoms with Crippen LogP contribution in [-0.2, 0) is 17.8 Å². The number of benzene rings is 2. The largest absolute Gasteiger partial charge is 0.324 e. The molecule has 0 bridgehead atoms. The lowest BCUT2D eigenvalue weighted by Gasteiger charge is -2.14. The predicted octanol–water partition coefficient (Wildman–Crippen LogP) is 3.12. The third kappa shape index (κ3) is 4.30. The molecule has 2 aromatic carbocycles. The van der Waals surface area contributed by atoms with E-state index in [1.807, 2.05) is 13.0 Å². The lowest BCUT2D eigenvalue weighted by Crippen LogP contribution is -2.30. The minimum Gasteiger partial charge on any atom is -0.324 e. The number of anilines is 1. The van der Waals surface area contributed by atoms with Crippen LogP contribution in [0.3, 0.4) is 0 Å². The minimum atomic E-state index is -0.460. The molecule has 1 aromatic heterocycles. The Bertz CT molecular complexity index is 1130. The normalized spacial score (nSPS) is 10.3. The minimum absolute atomic E-state index is 0.227. The van der Waals surface area contributed by atoms with Gasteiger partial charge in [-0.25, -0.2) is 9.37 Å². The second kappa shape index (κ2) is 8.27. The fourth-order valence-corrected chi connectivity index (χ4v) is 2.75. The summed E-state index contributed by atoms with van der Waals surface area (Å²) in [5.41, 5.74) is 1.42. The van der Waals surface area contributed by atoms with E-state index in [-0.39, 0.29) is 12.4 Å². The van der Waals surface area contributed by atoms with Crippen LogP contribution >= 0.6 is 0 Å². The van der Waals surface area contributed by atoms with Gasteiger partial charge in [-0.2, -0.15) is 5.26 Å². The topological polar surface area (TPSA) is 87.8 Å². The van der Waals surface area contributed by atoms with Crippen molar-refractivity contribution in [3.8, 4) is 17.5 Å². The number of nitrogens with zero attached hydrogens (tertiary/aromatic N) is 3. The van der Waals surface area contributed by atoms with Crippen LogP contribution in [0.1, 0.15) is 18.2 Å². The molecule has 0 aliphatic heterocycles. The number of nitrogens with one attached hydrogen (secondary N) is 1. The van der Waals surface area contributed by atoms with E-state index in [1.165, 1.54) is 34.9 Å². The third-order valence-electron chi connectivity index (χ3n) is 4.08. The summed E-state index contributed by atoms with van der Waals surface area (Å²) < 4.78 is 14.9. The zero-order chi connectivity index (χ0) is 20.1. The average molecular weight is 376 g/mol. The Balaban J connectivity index is 1.95. The molecule has 1 N–H and O–H groups in total. The predicted molar refractivity (Wildman–Crippen MR) is 103 cm³/mol. The van der Waals surface area contributed by atoms with Gasteiger partial charge in [0.05, 0.1) is 11.6 Å². The monoisotopic (exact) mass is 376 g/mol. The van der Waals surface area contributed by atoms with Crippen LogP contribution in [0.4, 0.5) is 10.1 Å². The van der Waals surface area contributed by atoms with Crippen molar-refractivity contribution in [2.45, 2.75) is 19.9 Å². The van der Waals surface area contributed by atoms with Crippen molar-refractivity contribution in [2.24, 2.45) is 0 Å². The molecule has 0 aliphatic carbocycles. The Hall–Kier alpha value is -3.79. The maximum atomic E-state index is 13.7. The van der Waals surface area contributed by atoms with Crippen molar-refractivity contribution >= 4 is 11.6 Å². The van der Waals surface area contributed by atoms with Crippen LogP contribution in [-0.4, -0.2) is 15.5 Å². The summed E-state index contributed by atoms with van der Waals surface area (Å²) >= 11 is 0. The summed E-state index contributed by atoms with van der Waals surface area (Å²) in [5, 5.41) is 11.6. The second-order valence-electron chi connectivity index (χ2n) is 6.10. The van der Waals surface area contributed by atoms with Crippen molar-refractivity contribution in [1.82, 2.24) is 9.55 Å². The molecule has 6 nitrogen and oxygen atoms in total. The summed E-state index contributed by atoms with van der Waals surface area (Å²) in [6.45, 7) is 1.56. The highest BCUT2D eigenvalue weighted by Gasteiger charge is 2.14. The number of aromatic nitrogens is 2. The Morgan fingerprint density at radius 1 is 1.21 bits per heavy atom. The van der Waals surface area contributed by atoms with Gasteiger partial charge in [-0.3, -0.25) is 14.2 Å². The fraction of sp³-hybridized carbons (Fsp3) is 0.143. The first-order valence-corrected chi connectivity index (χ1v) is 8.67. The number of halogens is 1. The van der Waals surface area contributed by atoms with Gasteiger partial charge >= 0.3 is 0 Å². The molecule has 0 saturated heterocycles. The van der Waals surface area contributed by atoms with Crippen LogP contribution in [0.25, 0.3) is 11.4 Å². The molecular weight excluding hydrogens is 359 g/mol. The van der Waals surface area contributed by atoms with Crippen molar-refractivity contribution in [3.63, 3.8) is 0 Å². The maximum Gasteiger partial charge on any atom is 0.254 e. The fourth-order valence-electron chi connectivity index (χ4n) is 2.75. The van der Waals surface area contributed by atoms with E-state index in [0.717, 1.165) is 0 Å². The lowest BCUT2D eigenvalue weighted by atomic mass is 10.2. The maximum absolute atomic E-state index is 13.7. The van der Waals surface area contributed by atoms with E-state index in [2.05, 4.69) is 10.3 Å². The Morgan fingerprint density at radius 3 is 2.71 bits per heavy atom. The Labute approximate surface area is 160 Å². The first-order chi connectivity index (χ1) is 13.5. The molecule has 28 heavy (non-hydrogen) atoms. The molecule has 7 heteroatoms. The van der Waals surface area contributed by atoms with Crippen LogP contribution in [0, 0.1) is 17.1 Å².